The van der Waals surface area contributed by atoms with Gasteiger partial charge in [0.25, 0.3) is 5.91 Å². The van der Waals surface area contributed by atoms with Crippen molar-refractivity contribution in [2.45, 2.75) is 13.0 Å². The summed E-state index contributed by atoms with van der Waals surface area (Å²) < 4.78 is 1.98. The highest BCUT2D eigenvalue weighted by molar-refractivity contribution is 5.94. The Kier molecular flexibility index (Phi) is 4.77. The minimum Gasteiger partial charge on any atom is -0.375 e. The molecule has 2 rings (SSSR count). The molecule has 0 aliphatic carbocycles. The smallest absolute Gasteiger partial charge is 0.251 e. The maximum Gasteiger partial charge on any atom is 0.251 e. The van der Waals surface area contributed by atoms with Crippen molar-refractivity contribution < 1.29 is 4.79 Å². The van der Waals surface area contributed by atoms with E-state index in [4.69, 9.17) is 0 Å². The summed E-state index contributed by atoms with van der Waals surface area (Å²) in [6, 6.07) is 7.47. The number of imidazole rings is 1. The third kappa shape index (κ3) is 3.72. The number of hydrogen-bond donors (Lipinski definition) is 2. The SMILES string of the molecule is C=CCNC(=O)c1ccc(NC(C)c2nccn2C)cc1. The lowest BCUT2D eigenvalue weighted by molar-refractivity contribution is 0.0958. The van der Waals surface area contributed by atoms with Crippen molar-refractivity contribution in [1.29, 1.82) is 0 Å². The Bertz CT molecular complexity index is 615. The molecule has 5 nitrogen and oxygen atoms in total. The average Bonchev–Trinajstić information content (AvgIpc) is 2.91. The Morgan fingerprint density at radius 1 is 1.43 bits per heavy atom. The summed E-state index contributed by atoms with van der Waals surface area (Å²) in [6.07, 6.45) is 5.35. The van der Waals surface area contributed by atoms with E-state index in [0.29, 0.717) is 12.1 Å². The van der Waals surface area contributed by atoms with Crippen molar-refractivity contribution in [3.05, 3.63) is 60.7 Å². The molecule has 1 aromatic carbocycles. The number of nitrogens with zero attached hydrogens (tertiary/aromatic N) is 2. The van der Waals surface area contributed by atoms with Crippen molar-refractivity contribution in [3.63, 3.8) is 0 Å². The largest absolute Gasteiger partial charge is 0.375 e. The zero-order chi connectivity index (χ0) is 15.2. The molecule has 1 unspecified atom stereocenters. The molecule has 1 atom stereocenters. The van der Waals surface area contributed by atoms with Gasteiger partial charge in [-0.05, 0) is 31.2 Å². The summed E-state index contributed by atoms with van der Waals surface area (Å²) in [7, 11) is 1.97. The fourth-order valence-electron chi connectivity index (χ4n) is 2.09. The molecule has 5 heteroatoms. The fraction of sp³-hybridized carbons (Fsp3) is 0.250. The fourth-order valence-corrected chi connectivity index (χ4v) is 2.09. The zero-order valence-electron chi connectivity index (χ0n) is 12.3. The van der Waals surface area contributed by atoms with Crippen LogP contribution in [0.15, 0.2) is 49.3 Å². The van der Waals surface area contributed by atoms with Gasteiger partial charge in [0.1, 0.15) is 5.82 Å². The Hall–Kier alpha value is -2.56. The highest BCUT2D eigenvalue weighted by atomic mass is 16.1. The molecule has 0 radical (unpaired) electrons. The Morgan fingerprint density at radius 3 is 2.71 bits per heavy atom. The predicted molar refractivity (Wildman–Crippen MR) is 84.2 cm³/mol. The summed E-state index contributed by atoms with van der Waals surface area (Å²) in [5.74, 6) is 0.862. The number of carbonyl (C=O) groups is 1. The van der Waals surface area contributed by atoms with Crippen molar-refractivity contribution in [2.75, 3.05) is 11.9 Å². The van der Waals surface area contributed by atoms with E-state index < -0.39 is 0 Å². The van der Waals surface area contributed by atoms with E-state index in [1.54, 1.807) is 24.4 Å². The Labute approximate surface area is 124 Å². The molecule has 0 saturated heterocycles. The Balaban J connectivity index is 2.01. The van der Waals surface area contributed by atoms with Crippen LogP contribution in [0.4, 0.5) is 5.69 Å². The van der Waals surface area contributed by atoms with Crippen LogP contribution in [-0.2, 0) is 7.05 Å². The van der Waals surface area contributed by atoms with Gasteiger partial charge in [0.15, 0.2) is 0 Å². The minimum absolute atomic E-state index is 0.0884. The van der Waals surface area contributed by atoms with Gasteiger partial charge < -0.3 is 15.2 Å². The van der Waals surface area contributed by atoms with Crippen LogP contribution in [0.5, 0.6) is 0 Å². The third-order valence-electron chi connectivity index (χ3n) is 3.18. The topological polar surface area (TPSA) is 59.0 Å². The van der Waals surface area contributed by atoms with Crippen LogP contribution in [-0.4, -0.2) is 22.0 Å². The first-order valence-electron chi connectivity index (χ1n) is 6.84. The van der Waals surface area contributed by atoms with Gasteiger partial charge in [0, 0.05) is 37.2 Å². The molecule has 2 N–H and O–H groups in total. The first-order valence-corrected chi connectivity index (χ1v) is 6.84. The lowest BCUT2D eigenvalue weighted by atomic mass is 10.2. The van der Waals surface area contributed by atoms with Gasteiger partial charge in [0.2, 0.25) is 0 Å². The Morgan fingerprint density at radius 2 is 2.14 bits per heavy atom. The van der Waals surface area contributed by atoms with Crippen LogP contribution >= 0.6 is 0 Å². The van der Waals surface area contributed by atoms with Gasteiger partial charge in [-0.1, -0.05) is 6.08 Å². The molecule has 21 heavy (non-hydrogen) atoms. The van der Waals surface area contributed by atoms with Crippen LogP contribution in [0.3, 0.4) is 0 Å². The van der Waals surface area contributed by atoms with Gasteiger partial charge in [0.05, 0.1) is 6.04 Å². The second-order valence-electron chi connectivity index (χ2n) is 4.84. The van der Waals surface area contributed by atoms with Gasteiger partial charge in [-0.25, -0.2) is 4.98 Å². The summed E-state index contributed by atoms with van der Waals surface area (Å²) in [5.41, 5.74) is 1.58. The number of aromatic nitrogens is 2. The third-order valence-corrected chi connectivity index (χ3v) is 3.18. The summed E-state index contributed by atoms with van der Waals surface area (Å²) in [5, 5.41) is 6.11. The monoisotopic (exact) mass is 284 g/mol. The van der Waals surface area contributed by atoms with Gasteiger partial charge in [-0.15, -0.1) is 6.58 Å². The first kappa shape index (κ1) is 14.8. The van der Waals surface area contributed by atoms with Crippen LogP contribution in [0.2, 0.25) is 0 Å². The van der Waals surface area contributed by atoms with E-state index in [2.05, 4.69) is 22.2 Å². The van der Waals surface area contributed by atoms with E-state index in [9.17, 15) is 4.79 Å². The molecule has 2 aromatic rings. The van der Waals surface area contributed by atoms with E-state index in [1.807, 2.05) is 36.9 Å². The number of amides is 1. The van der Waals surface area contributed by atoms with Crippen molar-refractivity contribution in [2.24, 2.45) is 7.05 Å². The molecule has 1 aromatic heterocycles. The number of aryl methyl sites for hydroxylation is 1. The predicted octanol–water partition coefficient (Wildman–Crippen LogP) is 2.51. The minimum atomic E-state index is -0.0985. The second-order valence-corrected chi connectivity index (χ2v) is 4.84. The molecule has 1 amide bonds. The molecule has 0 fully saturated rings. The van der Waals surface area contributed by atoms with Crippen molar-refractivity contribution >= 4 is 11.6 Å². The quantitative estimate of drug-likeness (QED) is 0.801. The van der Waals surface area contributed by atoms with E-state index in [-0.39, 0.29) is 11.9 Å². The first-order chi connectivity index (χ1) is 10.1. The van der Waals surface area contributed by atoms with E-state index in [1.165, 1.54) is 0 Å². The van der Waals surface area contributed by atoms with Gasteiger partial charge in [-0.2, -0.15) is 0 Å². The maximum absolute atomic E-state index is 11.8. The molecule has 0 bridgehead atoms. The normalized spacial score (nSPS) is 11.7. The maximum atomic E-state index is 11.8. The molecular formula is C16H20N4O. The number of benzene rings is 1. The van der Waals surface area contributed by atoms with Crippen molar-refractivity contribution in [3.8, 4) is 0 Å². The molecule has 1 heterocycles. The van der Waals surface area contributed by atoms with E-state index in [0.717, 1.165) is 11.5 Å². The molecule has 110 valence electrons. The highest BCUT2D eigenvalue weighted by Gasteiger charge is 2.10. The summed E-state index contributed by atoms with van der Waals surface area (Å²) in [6.45, 7) is 6.09. The number of hydrogen-bond acceptors (Lipinski definition) is 3. The average molecular weight is 284 g/mol. The van der Waals surface area contributed by atoms with Crippen LogP contribution in [0.25, 0.3) is 0 Å². The zero-order valence-corrected chi connectivity index (χ0v) is 12.3. The van der Waals surface area contributed by atoms with Crippen LogP contribution < -0.4 is 10.6 Å². The molecule has 0 aliphatic rings. The lowest BCUT2D eigenvalue weighted by Crippen LogP contribution is -2.23. The number of carbonyl (C=O) groups excluding carboxylic acids is 1. The second kappa shape index (κ2) is 6.74. The lowest BCUT2D eigenvalue weighted by Gasteiger charge is -2.15. The number of rotatable bonds is 6. The highest BCUT2D eigenvalue weighted by Crippen LogP contribution is 2.18. The molecule has 0 saturated carbocycles. The summed E-state index contributed by atoms with van der Waals surface area (Å²) in [4.78, 5) is 16.1. The number of nitrogens with one attached hydrogen (secondary N) is 2. The van der Waals surface area contributed by atoms with Crippen LogP contribution in [0.1, 0.15) is 29.1 Å². The number of anilines is 1. The standard InChI is InChI=1S/C16H20N4O/c1-4-9-18-16(21)13-5-7-14(8-6-13)19-12(2)15-17-10-11-20(15)3/h4-8,10-12,19H,1,9H2,2-3H3,(H,18,21). The van der Waals surface area contributed by atoms with Gasteiger partial charge >= 0.3 is 0 Å². The van der Waals surface area contributed by atoms with Crippen molar-refractivity contribution in [1.82, 2.24) is 14.9 Å². The van der Waals surface area contributed by atoms with Gasteiger partial charge in [-0.3, -0.25) is 4.79 Å². The van der Waals surface area contributed by atoms with E-state index >= 15 is 0 Å². The summed E-state index contributed by atoms with van der Waals surface area (Å²) >= 11 is 0. The molecule has 0 aliphatic heterocycles. The molecular weight excluding hydrogens is 264 g/mol. The van der Waals surface area contributed by atoms with Crippen LogP contribution in [0, 0.1) is 0 Å². The molecule has 0 spiro atoms.